The van der Waals surface area contributed by atoms with Crippen molar-refractivity contribution in [2.45, 2.75) is 38.8 Å². The zero-order valence-corrected chi connectivity index (χ0v) is 16.1. The van der Waals surface area contributed by atoms with Gasteiger partial charge in [0.05, 0.1) is 29.2 Å². The lowest BCUT2D eigenvalue weighted by atomic mass is 10.0. The standard InChI is InChI=1S/C22H21FN4O2/c1-2-18-20(14-5-7-15(23)8-6-14)21-24-12-17-19(27(21)25-18)9-10-26(22(17)28)13-16-4-3-11-29-16/h5-10,12,16H,2-4,11,13H2,1H3. The molecule has 148 valence electrons. The van der Waals surface area contributed by atoms with E-state index in [1.165, 1.54) is 12.1 Å². The molecule has 0 radical (unpaired) electrons. The average molecular weight is 392 g/mol. The van der Waals surface area contributed by atoms with Crippen molar-refractivity contribution in [1.82, 2.24) is 19.2 Å². The number of pyridine rings is 1. The fourth-order valence-corrected chi connectivity index (χ4v) is 4.07. The average Bonchev–Trinajstić information content (AvgIpc) is 3.38. The molecular weight excluding hydrogens is 371 g/mol. The van der Waals surface area contributed by atoms with Gasteiger partial charge >= 0.3 is 0 Å². The van der Waals surface area contributed by atoms with E-state index < -0.39 is 0 Å². The molecule has 0 spiro atoms. The molecule has 7 heteroatoms. The third-order valence-electron chi connectivity index (χ3n) is 5.55. The van der Waals surface area contributed by atoms with Crippen molar-refractivity contribution in [3.63, 3.8) is 0 Å². The Balaban J connectivity index is 1.68. The SMILES string of the molecule is CCc1nn2c(ncc3c(=O)n(CC4CCCO4)ccc32)c1-c1ccc(F)cc1. The summed E-state index contributed by atoms with van der Waals surface area (Å²) in [6, 6.07) is 8.24. The van der Waals surface area contributed by atoms with E-state index in [0.717, 1.165) is 36.3 Å². The van der Waals surface area contributed by atoms with Crippen LogP contribution in [0.25, 0.3) is 27.7 Å². The van der Waals surface area contributed by atoms with E-state index in [9.17, 15) is 9.18 Å². The van der Waals surface area contributed by atoms with Gasteiger partial charge in [-0.05, 0) is 43.0 Å². The molecule has 4 aromatic rings. The van der Waals surface area contributed by atoms with Crippen LogP contribution in [0, 0.1) is 5.82 Å². The molecule has 1 aromatic carbocycles. The maximum absolute atomic E-state index is 13.4. The lowest BCUT2D eigenvalue weighted by molar-refractivity contribution is 0.0963. The molecule has 3 aromatic heterocycles. The van der Waals surface area contributed by atoms with E-state index >= 15 is 0 Å². The molecule has 1 atom stereocenters. The highest BCUT2D eigenvalue weighted by molar-refractivity contribution is 5.86. The first-order valence-corrected chi connectivity index (χ1v) is 9.93. The Hall–Kier alpha value is -3.06. The van der Waals surface area contributed by atoms with E-state index in [-0.39, 0.29) is 17.5 Å². The van der Waals surface area contributed by atoms with Crippen LogP contribution in [-0.4, -0.2) is 31.9 Å². The number of aromatic nitrogens is 4. The molecule has 0 N–H and O–H groups in total. The monoisotopic (exact) mass is 392 g/mol. The molecular formula is C22H21FN4O2. The Morgan fingerprint density at radius 1 is 1.24 bits per heavy atom. The summed E-state index contributed by atoms with van der Waals surface area (Å²) >= 11 is 0. The van der Waals surface area contributed by atoms with Crippen LogP contribution in [0.4, 0.5) is 4.39 Å². The van der Waals surface area contributed by atoms with Crippen LogP contribution >= 0.6 is 0 Å². The molecule has 0 saturated carbocycles. The molecule has 0 aliphatic carbocycles. The van der Waals surface area contributed by atoms with Gasteiger partial charge in [0.1, 0.15) is 5.82 Å². The van der Waals surface area contributed by atoms with Crippen LogP contribution in [0.1, 0.15) is 25.5 Å². The van der Waals surface area contributed by atoms with E-state index in [1.54, 1.807) is 33.6 Å². The molecule has 0 amide bonds. The summed E-state index contributed by atoms with van der Waals surface area (Å²) in [6.07, 6.45) is 6.22. The highest BCUT2D eigenvalue weighted by Crippen LogP contribution is 2.29. The van der Waals surface area contributed by atoms with Crippen LogP contribution in [0.15, 0.2) is 47.5 Å². The van der Waals surface area contributed by atoms with Gasteiger partial charge in [-0.15, -0.1) is 0 Å². The third kappa shape index (κ3) is 3.02. The van der Waals surface area contributed by atoms with Crippen molar-refractivity contribution < 1.29 is 9.13 Å². The third-order valence-corrected chi connectivity index (χ3v) is 5.55. The van der Waals surface area contributed by atoms with Crippen LogP contribution in [0.5, 0.6) is 0 Å². The quantitative estimate of drug-likeness (QED) is 0.533. The second kappa shape index (κ2) is 7.08. The Morgan fingerprint density at radius 3 is 2.79 bits per heavy atom. The topological polar surface area (TPSA) is 61.4 Å². The van der Waals surface area contributed by atoms with Crippen molar-refractivity contribution >= 4 is 16.6 Å². The largest absolute Gasteiger partial charge is 0.376 e. The summed E-state index contributed by atoms with van der Waals surface area (Å²) in [4.78, 5) is 17.6. The number of fused-ring (bicyclic) bond motifs is 3. The Labute approximate surface area is 166 Å². The number of ether oxygens (including phenoxy) is 1. The molecule has 1 unspecified atom stereocenters. The lowest BCUT2D eigenvalue weighted by Gasteiger charge is -2.12. The number of aryl methyl sites for hydroxylation is 1. The van der Waals surface area contributed by atoms with Gasteiger partial charge < -0.3 is 9.30 Å². The second-order valence-corrected chi connectivity index (χ2v) is 7.38. The van der Waals surface area contributed by atoms with E-state index in [2.05, 4.69) is 4.98 Å². The zero-order valence-electron chi connectivity index (χ0n) is 16.1. The highest BCUT2D eigenvalue weighted by atomic mass is 19.1. The van der Waals surface area contributed by atoms with Crippen LogP contribution < -0.4 is 5.56 Å². The molecule has 6 nitrogen and oxygen atoms in total. The minimum Gasteiger partial charge on any atom is -0.376 e. The Bertz CT molecular complexity index is 1250. The summed E-state index contributed by atoms with van der Waals surface area (Å²) in [7, 11) is 0. The van der Waals surface area contributed by atoms with Gasteiger partial charge in [0.2, 0.25) is 0 Å². The first-order chi connectivity index (χ1) is 14.2. The molecule has 29 heavy (non-hydrogen) atoms. The maximum atomic E-state index is 13.4. The molecule has 1 aliphatic rings. The summed E-state index contributed by atoms with van der Waals surface area (Å²) < 4.78 is 22.5. The normalized spacial score (nSPS) is 16.8. The fraction of sp³-hybridized carbons (Fsp3) is 0.318. The van der Waals surface area contributed by atoms with Gasteiger partial charge in [-0.3, -0.25) is 4.79 Å². The predicted octanol–water partition coefficient (Wildman–Crippen LogP) is 3.59. The number of hydrogen-bond acceptors (Lipinski definition) is 4. The smallest absolute Gasteiger partial charge is 0.261 e. The minimum atomic E-state index is -0.284. The van der Waals surface area contributed by atoms with Crippen molar-refractivity contribution in [3.8, 4) is 11.1 Å². The Morgan fingerprint density at radius 2 is 2.07 bits per heavy atom. The molecule has 0 bridgehead atoms. The zero-order chi connectivity index (χ0) is 20.0. The highest BCUT2D eigenvalue weighted by Gasteiger charge is 2.20. The molecule has 4 heterocycles. The maximum Gasteiger partial charge on any atom is 0.261 e. The van der Waals surface area contributed by atoms with Crippen molar-refractivity contribution in [2.24, 2.45) is 0 Å². The Kier molecular flexibility index (Phi) is 4.39. The van der Waals surface area contributed by atoms with Gasteiger partial charge in [-0.2, -0.15) is 5.10 Å². The van der Waals surface area contributed by atoms with Crippen LogP contribution in [-0.2, 0) is 17.7 Å². The number of halogens is 1. The first kappa shape index (κ1) is 18.0. The molecule has 1 aliphatic heterocycles. The second-order valence-electron chi connectivity index (χ2n) is 7.38. The van der Waals surface area contributed by atoms with Crippen LogP contribution in [0.2, 0.25) is 0 Å². The van der Waals surface area contributed by atoms with E-state index in [4.69, 9.17) is 9.84 Å². The van der Waals surface area contributed by atoms with Crippen molar-refractivity contribution in [1.29, 1.82) is 0 Å². The molecule has 1 fully saturated rings. The van der Waals surface area contributed by atoms with E-state index in [0.29, 0.717) is 29.5 Å². The predicted molar refractivity (Wildman–Crippen MR) is 108 cm³/mol. The number of hydrogen-bond donors (Lipinski definition) is 0. The molecule has 1 saturated heterocycles. The van der Waals surface area contributed by atoms with Crippen LogP contribution in [0.3, 0.4) is 0 Å². The van der Waals surface area contributed by atoms with Gasteiger partial charge in [0, 0.05) is 24.6 Å². The lowest BCUT2D eigenvalue weighted by Crippen LogP contribution is -2.26. The minimum absolute atomic E-state index is 0.0864. The summed E-state index contributed by atoms with van der Waals surface area (Å²) in [5, 5.41) is 5.24. The van der Waals surface area contributed by atoms with Gasteiger partial charge in [-0.25, -0.2) is 13.9 Å². The van der Waals surface area contributed by atoms with E-state index in [1.807, 2.05) is 13.0 Å². The number of benzene rings is 1. The first-order valence-electron chi connectivity index (χ1n) is 9.93. The molecule has 5 rings (SSSR count). The van der Waals surface area contributed by atoms with Gasteiger partial charge in [0.15, 0.2) is 5.65 Å². The van der Waals surface area contributed by atoms with Crippen molar-refractivity contribution in [2.75, 3.05) is 6.61 Å². The van der Waals surface area contributed by atoms with Gasteiger partial charge in [-0.1, -0.05) is 19.1 Å². The fourth-order valence-electron chi connectivity index (χ4n) is 4.07. The number of nitrogens with zero attached hydrogens (tertiary/aromatic N) is 4. The number of rotatable bonds is 4. The summed E-state index contributed by atoms with van der Waals surface area (Å²) in [5.74, 6) is -0.284. The summed E-state index contributed by atoms with van der Waals surface area (Å²) in [6.45, 7) is 3.33. The van der Waals surface area contributed by atoms with Gasteiger partial charge in [0.25, 0.3) is 5.56 Å². The summed E-state index contributed by atoms with van der Waals surface area (Å²) in [5.41, 5.74) is 3.88. The van der Waals surface area contributed by atoms with Crippen molar-refractivity contribution in [3.05, 3.63) is 64.6 Å².